The number of anilines is 3. The van der Waals surface area contributed by atoms with E-state index in [0.717, 1.165) is 167 Å². The van der Waals surface area contributed by atoms with E-state index in [1.807, 2.05) is 78.7 Å². The minimum atomic E-state index is -0.491. The summed E-state index contributed by atoms with van der Waals surface area (Å²) in [6.07, 6.45) is 10.9. The van der Waals surface area contributed by atoms with Gasteiger partial charge in [-0.1, -0.05) is 47.7 Å². The van der Waals surface area contributed by atoms with Gasteiger partial charge in [0, 0.05) is 77.0 Å². The van der Waals surface area contributed by atoms with Crippen LogP contribution in [-0.4, -0.2) is 167 Å². The number of morpholine rings is 1. The van der Waals surface area contributed by atoms with E-state index in [9.17, 15) is 15.8 Å². The van der Waals surface area contributed by atoms with Crippen LogP contribution in [0.25, 0.3) is 41.2 Å². The Morgan fingerprint density at radius 1 is 0.707 bits per heavy atom. The maximum Gasteiger partial charge on any atom is 0.222 e. The van der Waals surface area contributed by atoms with E-state index in [1.54, 1.807) is 47.3 Å². The second kappa shape index (κ2) is 30.4. The standard InChI is InChI=1S/C21H25N7S.C20H22N6OS.C18H22N6S/c1-27-11-13-28(14-12-27)10-4-9-23-21-24-15-16(17(26-21)7-8-22)20-25-18-5-2-3-6-19(18)29-20;21-14-15(19-24-17-4-1-2-5-18(17)28-19)16-6-8-23-20(25-16)22-7-3-9-26-10-12-27-13-11-26;1-13(8-11-20-2)22-17-21-12-9-14(7-10-19)24(17)18-23-15-5-3-4-6-16(15)25-18/h2-3,5-6,15H,4,7,9-14H2,1H3,(H,23,24,26);1-2,4-6,8,15H,3,7,9-13H2,(H,22,23,25);3-6,9,12-14,20H,7-8,11H2,1-2H3,(H,21,22). The van der Waals surface area contributed by atoms with Crippen molar-refractivity contribution >= 4 is 87.6 Å². The Kier molecular flexibility index (Phi) is 21.9. The van der Waals surface area contributed by atoms with Gasteiger partial charge in [0.1, 0.15) is 15.9 Å². The summed E-state index contributed by atoms with van der Waals surface area (Å²) in [6.45, 7) is 15.0. The van der Waals surface area contributed by atoms with Gasteiger partial charge < -0.3 is 35.8 Å². The first-order valence-electron chi connectivity index (χ1n) is 27.8. The van der Waals surface area contributed by atoms with Crippen LogP contribution in [-0.2, 0) is 11.2 Å². The molecule has 0 bridgehead atoms. The van der Waals surface area contributed by atoms with Gasteiger partial charge in [0.2, 0.25) is 17.9 Å². The SMILES string of the molecule is CN1CCN(CCCNc2ncc(-c3nc4ccccc4s3)c(CC#N)n2)CC1.CNCCC(C)NC1=NC=CC(CC#N)N1c1nc2ccccc2s1.N#CC(c1ccnc(NCCCN2CCOCC2)n1)c1nc2ccccc2s1. The molecule has 8 aromatic rings. The van der Waals surface area contributed by atoms with Crippen LogP contribution in [0, 0.1) is 34.0 Å². The van der Waals surface area contributed by atoms with Crippen LogP contribution in [0.2, 0.25) is 0 Å². The van der Waals surface area contributed by atoms with Crippen LogP contribution >= 0.6 is 34.0 Å². The largest absolute Gasteiger partial charge is 0.379 e. The molecule has 3 atom stereocenters. The third-order valence-corrected chi connectivity index (χ3v) is 17.1. The smallest absolute Gasteiger partial charge is 0.222 e. The summed E-state index contributed by atoms with van der Waals surface area (Å²) < 4.78 is 8.70. The molecule has 2 fully saturated rings. The van der Waals surface area contributed by atoms with Crippen LogP contribution in [0.3, 0.4) is 0 Å². The van der Waals surface area contributed by atoms with Crippen molar-refractivity contribution in [2.24, 2.45) is 4.99 Å². The number of nitrogens with one attached hydrogen (secondary N) is 4. The molecule has 82 heavy (non-hydrogen) atoms. The van der Waals surface area contributed by atoms with Crippen LogP contribution in [0.5, 0.6) is 0 Å². The highest BCUT2D eigenvalue weighted by molar-refractivity contribution is 7.22. The van der Waals surface area contributed by atoms with E-state index in [1.165, 1.54) is 11.3 Å². The van der Waals surface area contributed by atoms with Crippen molar-refractivity contribution in [2.75, 3.05) is 115 Å². The van der Waals surface area contributed by atoms with Gasteiger partial charge in [0.25, 0.3) is 0 Å². The monoisotopic (exact) mass is 1160 g/mol. The third-order valence-electron chi connectivity index (χ3n) is 13.9. The van der Waals surface area contributed by atoms with Crippen molar-refractivity contribution in [1.82, 2.24) is 60.2 Å². The van der Waals surface area contributed by atoms with Crippen molar-refractivity contribution in [2.45, 2.75) is 57.0 Å². The molecule has 0 aliphatic carbocycles. The van der Waals surface area contributed by atoms with Gasteiger partial charge in [0.05, 0.1) is 97.9 Å². The average molecular weight is 1160 g/mol. The zero-order valence-electron chi connectivity index (χ0n) is 46.6. The summed E-state index contributed by atoms with van der Waals surface area (Å²) in [4.78, 5) is 45.8. The van der Waals surface area contributed by atoms with Gasteiger partial charge in [-0.3, -0.25) is 9.80 Å². The van der Waals surface area contributed by atoms with Crippen LogP contribution in [0.15, 0.2) is 109 Å². The Labute approximate surface area is 491 Å². The third kappa shape index (κ3) is 16.3. The van der Waals surface area contributed by atoms with Crippen molar-refractivity contribution < 1.29 is 4.74 Å². The average Bonchev–Trinajstić information content (AvgIpc) is 4.42. The number of aliphatic imine (C=N–C) groups is 1. The van der Waals surface area contributed by atoms with Crippen LogP contribution < -0.4 is 26.2 Å². The predicted octanol–water partition coefficient (Wildman–Crippen LogP) is 8.60. The van der Waals surface area contributed by atoms with Gasteiger partial charge in [-0.2, -0.15) is 15.8 Å². The van der Waals surface area contributed by atoms with Crippen molar-refractivity contribution in [1.29, 1.82) is 15.8 Å². The number of thiazole rings is 3. The molecule has 3 aliphatic rings. The molecular weight excluding hydrogens is 1090 g/mol. The number of aromatic nitrogens is 7. The molecule has 4 N–H and O–H groups in total. The lowest BCUT2D eigenvalue weighted by atomic mass is 10.1. The summed E-state index contributed by atoms with van der Waals surface area (Å²) in [5.41, 5.74) is 5.08. The van der Waals surface area contributed by atoms with Crippen molar-refractivity contribution in [3.8, 4) is 28.8 Å². The predicted molar refractivity (Wildman–Crippen MR) is 330 cm³/mol. The molecule has 11 rings (SSSR count). The summed E-state index contributed by atoms with van der Waals surface area (Å²) in [6, 6.07) is 32.8. The first kappa shape index (κ1) is 59.0. The van der Waals surface area contributed by atoms with E-state index in [2.05, 4.69) is 115 Å². The van der Waals surface area contributed by atoms with Crippen LogP contribution in [0.1, 0.15) is 54.9 Å². The number of nitrogens with zero attached hydrogens (tertiary/aromatic N) is 15. The van der Waals surface area contributed by atoms with Gasteiger partial charge in [-0.25, -0.2) is 39.9 Å². The summed E-state index contributed by atoms with van der Waals surface area (Å²) >= 11 is 4.76. The number of hydrogen-bond acceptors (Lipinski definition) is 23. The van der Waals surface area contributed by atoms with Gasteiger partial charge in [-0.15, -0.1) is 22.7 Å². The molecule has 3 unspecified atom stereocenters. The maximum absolute atomic E-state index is 9.73. The molecule has 0 spiro atoms. The normalized spacial score (nSPS) is 16.4. The molecule has 8 heterocycles. The number of guanidine groups is 1. The Morgan fingerprint density at radius 2 is 1.35 bits per heavy atom. The van der Waals surface area contributed by atoms with Crippen molar-refractivity contribution in [3.63, 3.8) is 0 Å². The summed E-state index contributed by atoms with van der Waals surface area (Å²) in [5, 5.41) is 43.9. The molecule has 23 heteroatoms. The second-order valence-electron chi connectivity index (χ2n) is 19.9. The summed E-state index contributed by atoms with van der Waals surface area (Å²) in [5.74, 6) is 1.40. The Morgan fingerprint density at radius 3 is 2.00 bits per heavy atom. The number of fused-ring (bicyclic) bond motifs is 3. The number of likely N-dealkylation sites (N-methyl/N-ethyl adjacent to an activating group) is 1. The zero-order chi connectivity index (χ0) is 56.9. The molecule has 424 valence electrons. The molecule has 5 aromatic heterocycles. The van der Waals surface area contributed by atoms with E-state index < -0.39 is 5.92 Å². The number of piperazine rings is 1. The molecule has 0 amide bonds. The van der Waals surface area contributed by atoms with Crippen molar-refractivity contribution in [3.05, 3.63) is 120 Å². The Balaban J connectivity index is 0.000000149. The lowest BCUT2D eigenvalue weighted by Gasteiger charge is -2.32. The fourth-order valence-corrected chi connectivity index (χ4v) is 12.4. The van der Waals surface area contributed by atoms with E-state index in [-0.39, 0.29) is 18.5 Å². The highest BCUT2D eigenvalue weighted by Crippen LogP contribution is 2.34. The second-order valence-corrected chi connectivity index (χ2v) is 23.0. The number of para-hydroxylation sites is 3. The zero-order valence-corrected chi connectivity index (χ0v) is 49.1. The highest BCUT2D eigenvalue weighted by atomic mass is 32.1. The van der Waals surface area contributed by atoms with Gasteiger partial charge in [0.15, 0.2) is 5.13 Å². The number of hydrogen-bond donors (Lipinski definition) is 4. The number of rotatable bonds is 20. The lowest BCUT2D eigenvalue weighted by molar-refractivity contribution is 0.0378. The lowest BCUT2D eigenvalue weighted by Crippen LogP contribution is -2.51. The van der Waals surface area contributed by atoms with Gasteiger partial charge >= 0.3 is 0 Å². The molecular formula is C59H69N19OS3. The minimum absolute atomic E-state index is 0.0675. The first-order chi connectivity index (χ1) is 40.3. The van der Waals surface area contributed by atoms with E-state index in [0.29, 0.717) is 24.0 Å². The highest BCUT2D eigenvalue weighted by Gasteiger charge is 2.28. The maximum atomic E-state index is 9.73. The molecule has 3 aromatic carbocycles. The van der Waals surface area contributed by atoms with Crippen LogP contribution in [0.4, 0.5) is 17.0 Å². The fraction of sp³-hybridized carbons (Fsp3) is 0.407. The fourth-order valence-electron chi connectivity index (χ4n) is 9.39. The molecule has 0 saturated carbocycles. The Hall–Kier alpha value is -7.63. The topological polar surface area (TPSA) is 244 Å². The van der Waals surface area contributed by atoms with E-state index in [4.69, 9.17) is 9.72 Å². The molecule has 0 radical (unpaired) electrons. The Bertz CT molecular complexity index is 3410. The number of benzene rings is 3. The molecule has 3 aliphatic heterocycles. The number of ether oxygens (including phenoxy) is 1. The summed E-state index contributed by atoms with van der Waals surface area (Å²) in [7, 11) is 4.12. The minimum Gasteiger partial charge on any atom is -0.379 e. The number of nitriles is 3. The molecule has 2 saturated heterocycles. The first-order valence-corrected chi connectivity index (χ1v) is 30.3. The molecule has 20 nitrogen and oxygen atoms in total. The quantitative estimate of drug-likeness (QED) is 0.0522. The van der Waals surface area contributed by atoms with E-state index >= 15 is 0 Å². The van der Waals surface area contributed by atoms with Gasteiger partial charge in [-0.05, 0) is 108 Å².